The summed E-state index contributed by atoms with van der Waals surface area (Å²) in [5.74, 6) is 0. The molecule has 4 atom stereocenters. The smallest absolute Gasteiger partial charge is 0.252 e. The van der Waals surface area contributed by atoms with Crippen LogP contribution in [0.5, 0.6) is 0 Å². The van der Waals surface area contributed by atoms with Crippen molar-refractivity contribution >= 4 is 76.2 Å². The van der Waals surface area contributed by atoms with Crippen molar-refractivity contribution < 1.29 is 0 Å². The third-order valence-corrected chi connectivity index (χ3v) is 22.4. The van der Waals surface area contributed by atoms with Gasteiger partial charge in [-0.05, 0) is 148 Å². The largest absolute Gasteiger partial charge is 0.335 e. The molecule has 0 spiro atoms. The summed E-state index contributed by atoms with van der Waals surface area (Å²) in [5.41, 5.74) is 23.1. The Morgan fingerprint density at radius 1 is 0.434 bits per heavy atom. The molecule has 0 saturated heterocycles. The topological polar surface area (TPSA) is 9.72 Å². The fraction of sp³-hybridized carbons (Fsp3) is 0.408. The van der Waals surface area contributed by atoms with E-state index in [0.717, 1.165) is 25.7 Å². The van der Waals surface area contributed by atoms with Gasteiger partial charge >= 0.3 is 0 Å². The Bertz CT molecular complexity index is 3500. The van der Waals surface area contributed by atoms with Crippen molar-refractivity contribution in [1.29, 1.82) is 0 Å². The first kappa shape index (κ1) is 49.8. The van der Waals surface area contributed by atoms with E-state index in [2.05, 4.69) is 256 Å². The Morgan fingerprint density at radius 3 is 1.58 bits per heavy atom. The zero-order chi connectivity index (χ0) is 53.3. The summed E-state index contributed by atoms with van der Waals surface area (Å²) in [5, 5.41) is 1.58. The molecule has 0 bridgehead atoms. The summed E-state index contributed by atoms with van der Waals surface area (Å²) in [6.07, 6.45) is 9.36. The van der Waals surface area contributed by atoms with E-state index in [1.807, 2.05) is 0 Å². The Morgan fingerprint density at radius 2 is 0.974 bits per heavy atom. The van der Waals surface area contributed by atoms with Crippen LogP contribution in [0.4, 0.5) is 39.8 Å². The number of rotatable bonds is 5. The van der Waals surface area contributed by atoms with E-state index in [9.17, 15) is 0 Å². The quantitative estimate of drug-likeness (QED) is 0.159. The van der Waals surface area contributed by atoms with Crippen LogP contribution in [-0.4, -0.2) is 25.9 Å². The molecule has 4 heterocycles. The van der Waals surface area contributed by atoms with E-state index < -0.39 is 8.07 Å². The van der Waals surface area contributed by atoms with Crippen LogP contribution in [0, 0.1) is 0 Å². The highest BCUT2D eigenvalue weighted by molar-refractivity contribution is 7.01. The molecular weight excluding hydrogens is 934 g/mol. The van der Waals surface area contributed by atoms with Gasteiger partial charge in [-0.2, -0.15) is 0 Å². The number of hydrogen-bond donors (Lipinski definition) is 0. The predicted molar refractivity (Wildman–Crippen MR) is 330 cm³/mol. The van der Waals surface area contributed by atoms with Crippen LogP contribution in [-0.2, 0) is 27.1 Å². The second kappa shape index (κ2) is 16.4. The summed E-state index contributed by atoms with van der Waals surface area (Å²) in [4.78, 5) is 8.65. The van der Waals surface area contributed by atoms with E-state index in [1.165, 1.54) is 115 Å². The molecule has 388 valence electrons. The molecule has 0 amide bonds. The maximum Gasteiger partial charge on any atom is 0.252 e. The molecule has 7 aromatic rings. The van der Waals surface area contributed by atoms with Crippen molar-refractivity contribution in [3.63, 3.8) is 0 Å². The molecule has 4 unspecified atom stereocenters. The van der Waals surface area contributed by atoms with Gasteiger partial charge in [0.1, 0.15) is 0 Å². The molecule has 4 aliphatic heterocycles. The molecule has 5 heteroatoms. The first-order chi connectivity index (χ1) is 35.9. The van der Waals surface area contributed by atoms with Gasteiger partial charge in [-0.25, -0.2) is 0 Å². The first-order valence-corrected chi connectivity index (χ1v) is 32.7. The van der Waals surface area contributed by atoms with E-state index >= 15 is 0 Å². The van der Waals surface area contributed by atoms with Crippen LogP contribution in [0.3, 0.4) is 0 Å². The summed E-state index contributed by atoms with van der Waals surface area (Å²) < 4.78 is 0. The molecule has 76 heavy (non-hydrogen) atoms. The molecule has 2 saturated carbocycles. The second-order valence-corrected chi connectivity index (χ2v) is 33.9. The highest BCUT2D eigenvalue weighted by atomic mass is 28.3. The lowest BCUT2D eigenvalue weighted by Gasteiger charge is -2.55. The lowest BCUT2D eigenvalue weighted by atomic mass is 9.33. The van der Waals surface area contributed by atoms with Gasteiger partial charge in [0.25, 0.3) is 6.71 Å². The third kappa shape index (κ3) is 6.72. The summed E-state index contributed by atoms with van der Waals surface area (Å²) in [6.45, 7) is 34.6. The number of fused-ring (bicyclic) bond motifs is 10. The minimum Gasteiger partial charge on any atom is -0.335 e. The zero-order valence-corrected chi connectivity index (χ0v) is 49.4. The van der Waals surface area contributed by atoms with Crippen LogP contribution >= 0.6 is 0 Å². The van der Waals surface area contributed by atoms with Crippen LogP contribution in [0.25, 0.3) is 0 Å². The van der Waals surface area contributed by atoms with Gasteiger partial charge < -0.3 is 14.7 Å². The maximum absolute atomic E-state index is 3.00. The minimum absolute atomic E-state index is 0.00861. The van der Waals surface area contributed by atoms with Crippen molar-refractivity contribution in [2.45, 2.75) is 185 Å². The summed E-state index contributed by atoms with van der Waals surface area (Å²) in [6, 6.07) is 59.4. The van der Waals surface area contributed by atoms with Crippen LogP contribution in [0.15, 0.2) is 146 Å². The SMILES string of the molecule is CC(C)(C)c1cccc(N2c3cc(C(C)(C)C)ccc3B3c4cc([Si](C)(C)C)cc5c4N(c4cc(N6c7ccc(C(C)(C)C)cc7C7(c8ccccc8)CCCCC67C)cc2c43)C2(C)CCCCC52c2ccccc2)c1. The Kier molecular flexibility index (Phi) is 10.7. The fourth-order valence-corrected chi connectivity index (χ4v) is 17.6. The normalized spacial score (nSPS) is 24.4. The summed E-state index contributed by atoms with van der Waals surface area (Å²) in [7, 11) is -1.85. The average Bonchev–Trinajstić information content (AvgIpc) is 4.00. The van der Waals surface area contributed by atoms with Gasteiger partial charge in [-0.3, -0.25) is 0 Å². The van der Waals surface area contributed by atoms with E-state index in [-0.39, 0.29) is 44.9 Å². The van der Waals surface area contributed by atoms with E-state index in [4.69, 9.17) is 0 Å². The molecular formula is C71H82BN3Si. The maximum atomic E-state index is 3.00. The van der Waals surface area contributed by atoms with Crippen LogP contribution in [0.1, 0.15) is 166 Å². The lowest BCUT2D eigenvalue weighted by Crippen LogP contribution is -2.65. The second-order valence-electron chi connectivity index (χ2n) is 28.9. The van der Waals surface area contributed by atoms with Gasteiger partial charge in [0.15, 0.2) is 0 Å². The third-order valence-electron chi connectivity index (χ3n) is 20.4. The molecule has 13 rings (SSSR count). The standard InChI is InChI=1S/C71H82BN3Si/c1-65(2,3)49-30-25-31-52(40-49)73-60-42-51(67(7,8)9)32-34-57(60)72-58-46-54(76(12,13)14)45-56-64(58)75(69(11)37-22-24-39-71(56,69)48-28-19-16-20-29-48)62-44-53(43-61(73)63(62)72)74-59-35-33-50(66(4,5)6)41-55(59)70(47-26-17-15-18-27-47)38-23-21-36-68(70,74)10/h15-20,25-35,40-46H,21-24,36-39H2,1-14H3. The molecule has 0 aromatic heterocycles. The van der Waals surface area contributed by atoms with Crippen molar-refractivity contribution in [2.75, 3.05) is 14.7 Å². The fourth-order valence-electron chi connectivity index (χ4n) is 16.4. The molecule has 0 radical (unpaired) electrons. The van der Waals surface area contributed by atoms with Crippen molar-refractivity contribution in [1.82, 2.24) is 0 Å². The molecule has 6 aliphatic rings. The number of benzene rings is 7. The average molecular weight is 1020 g/mol. The molecule has 2 aliphatic carbocycles. The Labute approximate surface area is 458 Å². The molecule has 7 aromatic carbocycles. The van der Waals surface area contributed by atoms with Crippen LogP contribution < -0.4 is 36.3 Å². The first-order valence-electron chi connectivity index (χ1n) is 29.2. The van der Waals surface area contributed by atoms with Crippen LogP contribution in [0.2, 0.25) is 19.6 Å². The highest BCUT2D eigenvalue weighted by Crippen LogP contribution is 2.67. The molecule has 3 nitrogen and oxygen atoms in total. The summed E-state index contributed by atoms with van der Waals surface area (Å²) >= 11 is 0. The Hall–Kier alpha value is -5.78. The predicted octanol–water partition coefficient (Wildman–Crippen LogP) is 16.3. The van der Waals surface area contributed by atoms with Gasteiger partial charge in [-0.15, -0.1) is 0 Å². The van der Waals surface area contributed by atoms with Gasteiger partial charge in [0.05, 0.1) is 19.2 Å². The van der Waals surface area contributed by atoms with Crippen molar-refractivity contribution in [3.05, 3.63) is 185 Å². The van der Waals surface area contributed by atoms with Gasteiger partial charge in [-0.1, -0.05) is 222 Å². The zero-order valence-electron chi connectivity index (χ0n) is 48.4. The van der Waals surface area contributed by atoms with Gasteiger partial charge in [0, 0.05) is 50.6 Å². The minimum atomic E-state index is -1.85. The van der Waals surface area contributed by atoms with Crippen molar-refractivity contribution in [2.24, 2.45) is 0 Å². The number of hydrogen-bond acceptors (Lipinski definition) is 3. The monoisotopic (exact) mass is 1020 g/mol. The Balaban J connectivity index is 1.20. The number of anilines is 7. The molecule has 0 N–H and O–H groups in total. The van der Waals surface area contributed by atoms with Gasteiger partial charge in [0.2, 0.25) is 0 Å². The van der Waals surface area contributed by atoms with Crippen molar-refractivity contribution in [3.8, 4) is 0 Å². The highest BCUT2D eigenvalue weighted by Gasteiger charge is 2.66. The number of nitrogens with zero attached hydrogens (tertiary/aromatic N) is 3. The lowest BCUT2D eigenvalue weighted by molar-refractivity contribution is 0.214. The van der Waals surface area contributed by atoms with E-state index in [1.54, 1.807) is 10.8 Å². The van der Waals surface area contributed by atoms with E-state index in [0.29, 0.717) is 0 Å². The molecule has 2 fully saturated rings.